The van der Waals surface area contributed by atoms with Crippen LogP contribution in [-0.4, -0.2) is 33.5 Å². The number of aromatic nitrogens is 2. The van der Waals surface area contributed by atoms with E-state index in [-0.39, 0.29) is 12.5 Å². The molecule has 1 aliphatic heterocycles. The highest BCUT2D eigenvalue weighted by Crippen LogP contribution is 2.38. The SMILES string of the molecule is O=C(c1cc(COc2cccc3cccnc23)on1)N1C[C@H]2CC[C@H]1C2. The largest absolute Gasteiger partial charge is 0.483 e. The lowest BCUT2D eigenvalue weighted by Crippen LogP contribution is -2.37. The van der Waals surface area contributed by atoms with Crippen LogP contribution in [0.15, 0.2) is 47.1 Å². The molecule has 6 nitrogen and oxygen atoms in total. The summed E-state index contributed by atoms with van der Waals surface area (Å²) in [5, 5.41) is 4.97. The zero-order valence-corrected chi connectivity index (χ0v) is 14.3. The molecule has 3 heterocycles. The van der Waals surface area contributed by atoms with E-state index in [2.05, 4.69) is 10.1 Å². The van der Waals surface area contributed by atoms with Crippen molar-refractivity contribution in [3.63, 3.8) is 0 Å². The zero-order valence-electron chi connectivity index (χ0n) is 14.3. The number of hydrogen-bond acceptors (Lipinski definition) is 5. The molecule has 0 spiro atoms. The molecule has 3 aromatic rings. The van der Waals surface area contributed by atoms with Gasteiger partial charge in [0.05, 0.1) is 0 Å². The molecule has 1 amide bonds. The summed E-state index contributed by atoms with van der Waals surface area (Å²) in [6.45, 7) is 1.06. The number of ether oxygens (including phenoxy) is 1. The highest BCUT2D eigenvalue weighted by molar-refractivity contribution is 5.92. The smallest absolute Gasteiger partial charge is 0.276 e. The van der Waals surface area contributed by atoms with Crippen LogP contribution in [0.25, 0.3) is 10.9 Å². The van der Waals surface area contributed by atoms with E-state index in [4.69, 9.17) is 9.26 Å². The third kappa shape index (κ3) is 2.62. The number of nitrogens with zero attached hydrogens (tertiary/aromatic N) is 3. The lowest BCUT2D eigenvalue weighted by atomic mass is 10.1. The van der Waals surface area contributed by atoms with Gasteiger partial charge in [0, 0.05) is 30.2 Å². The molecule has 5 rings (SSSR count). The number of carbonyl (C=O) groups is 1. The van der Waals surface area contributed by atoms with Gasteiger partial charge in [-0.05, 0) is 37.3 Å². The molecule has 1 aromatic carbocycles. The van der Waals surface area contributed by atoms with Crippen LogP contribution in [0.4, 0.5) is 0 Å². The Balaban J connectivity index is 1.29. The van der Waals surface area contributed by atoms with E-state index >= 15 is 0 Å². The van der Waals surface area contributed by atoms with Crippen LogP contribution >= 0.6 is 0 Å². The first-order valence-electron chi connectivity index (χ1n) is 9.01. The van der Waals surface area contributed by atoms with Crippen molar-refractivity contribution in [2.24, 2.45) is 5.92 Å². The van der Waals surface area contributed by atoms with Crippen molar-refractivity contribution in [3.05, 3.63) is 54.0 Å². The van der Waals surface area contributed by atoms with Gasteiger partial charge in [0.15, 0.2) is 11.5 Å². The molecule has 1 saturated carbocycles. The zero-order chi connectivity index (χ0) is 17.5. The van der Waals surface area contributed by atoms with Crippen molar-refractivity contribution in [1.29, 1.82) is 0 Å². The Kier molecular flexibility index (Phi) is 3.62. The number of hydrogen-bond donors (Lipinski definition) is 0. The van der Waals surface area contributed by atoms with Gasteiger partial charge in [-0.1, -0.05) is 23.4 Å². The van der Waals surface area contributed by atoms with E-state index in [1.165, 1.54) is 6.42 Å². The molecule has 1 saturated heterocycles. The van der Waals surface area contributed by atoms with E-state index in [1.54, 1.807) is 12.3 Å². The summed E-state index contributed by atoms with van der Waals surface area (Å²) in [6.07, 6.45) is 5.22. The normalized spacial score (nSPS) is 21.5. The van der Waals surface area contributed by atoms with E-state index < -0.39 is 0 Å². The molecule has 1 aliphatic carbocycles. The second kappa shape index (κ2) is 6.12. The number of pyridine rings is 1. The third-order valence-corrected chi connectivity index (χ3v) is 5.41. The molecule has 2 fully saturated rings. The van der Waals surface area contributed by atoms with Gasteiger partial charge in [0.25, 0.3) is 5.91 Å². The summed E-state index contributed by atoms with van der Waals surface area (Å²) in [7, 11) is 0. The van der Waals surface area contributed by atoms with Gasteiger partial charge in [0.1, 0.15) is 17.9 Å². The van der Waals surface area contributed by atoms with E-state index in [0.29, 0.717) is 29.2 Å². The van der Waals surface area contributed by atoms with Crippen molar-refractivity contribution >= 4 is 16.8 Å². The second-order valence-electron chi connectivity index (χ2n) is 7.09. The summed E-state index contributed by atoms with van der Waals surface area (Å²) in [5.41, 5.74) is 1.17. The number of para-hydroxylation sites is 1. The Labute approximate surface area is 150 Å². The molecule has 26 heavy (non-hydrogen) atoms. The fourth-order valence-corrected chi connectivity index (χ4v) is 4.14. The molecule has 0 radical (unpaired) electrons. The lowest BCUT2D eigenvalue weighted by Gasteiger charge is -2.25. The van der Waals surface area contributed by atoms with Crippen LogP contribution in [0.1, 0.15) is 35.5 Å². The molecule has 2 bridgehead atoms. The van der Waals surface area contributed by atoms with E-state index in [9.17, 15) is 4.79 Å². The Hall–Kier alpha value is -2.89. The number of carbonyl (C=O) groups excluding carboxylic acids is 1. The molecular weight excluding hydrogens is 330 g/mol. The average molecular weight is 349 g/mol. The van der Waals surface area contributed by atoms with Gasteiger partial charge in [-0.15, -0.1) is 0 Å². The molecule has 2 atom stereocenters. The molecule has 2 aliphatic rings. The molecule has 2 aromatic heterocycles. The number of piperidine rings is 1. The van der Waals surface area contributed by atoms with Gasteiger partial charge < -0.3 is 14.2 Å². The highest BCUT2D eigenvalue weighted by atomic mass is 16.5. The summed E-state index contributed by atoms with van der Waals surface area (Å²) in [5.74, 6) is 1.85. The van der Waals surface area contributed by atoms with Crippen molar-refractivity contribution in [2.75, 3.05) is 6.54 Å². The number of benzene rings is 1. The summed E-state index contributed by atoms with van der Waals surface area (Å²) in [4.78, 5) is 19.0. The van der Waals surface area contributed by atoms with Gasteiger partial charge in [-0.25, -0.2) is 0 Å². The third-order valence-electron chi connectivity index (χ3n) is 5.41. The fraction of sp³-hybridized carbons (Fsp3) is 0.350. The van der Waals surface area contributed by atoms with E-state index in [0.717, 1.165) is 30.3 Å². The maximum Gasteiger partial charge on any atom is 0.276 e. The highest BCUT2D eigenvalue weighted by Gasteiger charge is 2.41. The van der Waals surface area contributed by atoms with Crippen molar-refractivity contribution < 1.29 is 14.1 Å². The first kappa shape index (κ1) is 15.4. The molecular formula is C20H19N3O3. The molecule has 0 N–H and O–H groups in total. The van der Waals surface area contributed by atoms with Crippen molar-refractivity contribution in [3.8, 4) is 5.75 Å². The summed E-state index contributed by atoms with van der Waals surface area (Å²) >= 11 is 0. The van der Waals surface area contributed by atoms with Crippen LogP contribution in [0, 0.1) is 5.92 Å². The number of rotatable bonds is 4. The Morgan fingerprint density at radius 1 is 1.27 bits per heavy atom. The maximum absolute atomic E-state index is 12.7. The standard InChI is InChI=1S/C20H19N3O3/c24-20(23-11-13-6-7-15(23)9-13)17-10-16(26-22-17)12-25-18-5-1-3-14-4-2-8-21-19(14)18/h1-5,8,10,13,15H,6-7,9,11-12H2/t13-,15-/m0/s1. The van der Waals surface area contributed by atoms with Crippen LogP contribution in [0.3, 0.4) is 0 Å². The number of likely N-dealkylation sites (tertiary alicyclic amines) is 1. The first-order valence-corrected chi connectivity index (χ1v) is 9.01. The summed E-state index contributed by atoms with van der Waals surface area (Å²) in [6, 6.07) is 11.7. The average Bonchev–Trinajstić information content (AvgIpc) is 3.42. The predicted molar refractivity (Wildman–Crippen MR) is 94.7 cm³/mol. The summed E-state index contributed by atoms with van der Waals surface area (Å²) < 4.78 is 11.2. The predicted octanol–water partition coefficient (Wildman–Crippen LogP) is 3.43. The second-order valence-corrected chi connectivity index (χ2v) is 7.09. The monoisotopic (exact) mass is 349 g/mol. The lowest BCUT2D eigenvalue weighted by molar-refractivity contribution is 0.0693. The van der Waals surface area contributed by atoms with Crippen LogP contribution in [0.5, 0.6) is 5.75 Å². The van der Waals surface area contributed by atoms with Crippen LogP contribution in [0.2, 0.25) is 0 Å². The maximum atomic E-state index is 12.7. The minimum atomic E-state index is -0.0287. The minimum Gasteiger partial charge on any atom is -0.483 e. The fourth-order valence-electron chi connectivity index (χ4n) is 4.14. The van der Waals surface area contributed by atoms with E-state index in [1.807, 2.05) is 35.2 Å². The number of amides is 1. The Bertz CT molecular complexity index is 962. The number of fused-ring (bicyclic) bond motifs is 3. The topological polar surface area (TPSA) is 68.5 Å². The molecule has 6 heteroatoms. The van der Waals surface area contributed by atoms with Gasteiger partial charge in [-0.3, -0.25) is 9.78 Å². The van der Waals surface area contributed by atoms with Crippen LogP contribution < -0.4 is 4.74 Å². The van der Waals surface area contributed by atoms with Crippen molar-refractivity contribution in [2.45, 2.75) is 31.9 Å². The first-order chi connectivity index (χ1) is 12.8. The van der Waals surface area contributed by atoms with Crippen LogP contribution in [-0.2, 0) is 6.61 Å². The molecule has 132 valence electrons. The minimum absolute atomic E-state index is 0.0287. The van der Waals surface area contributed by atoms with Gasteiger partial charge in [-0.2, -0.15) is 0 Å². The van der Waals surface area contributed by atoms with Crippen molar-refractivity contribution in [1.82, 2.24) is 15.0 Å². The van der Waals surface area contributed by atoms with Gasteiger partial charge >= 0.3 is 0 Å². The quantitative estimate of drug-likeness (QED) is 0.722. The Morgan fingerprint density at radius 3 is 3.04 bits per heavy atom. The Morgan fingerprint density at radius 2 is 2.19 bits per heavy atom. The molecule has 0 unspecified atom stereocenters. The van der Waals surface area contributed by atoms with Gasteiger partial charge in [0.2, 0.25) is 0 Å².